The van der Waals surface area contributed by atoms with Crippen LogP contribution in [0.3, 0.4) is 0 Å². The number of carbonyl (C=O) groups excluding carboxylic acids is 1. The van der Waals surface area contributed by atoms with Crippen LogP contribution >= 0.6 is 0 Å². The van der Waals surface area contributed by atoms with Crippen LogP contribution in [0, 0.1) is 0 Å². The van der Waals surface area contributed by atoms with Crippen molar-refractivity contribution in [3.63, 3.8) is 0 Å². The summed E-state index contributed by atoms with van der Waals surface area (Å²) in [7, 11) is 0. The molecule has 0 saturated carbocycles. The van der Waals surface area contributed by atoms with Gasteiger partial charge in [0.05, 0.1) is 6.61 Å². The number of nitrogens with two attached hydrogens (primary N) is 1. The van der Waals surface area contributed by atoms with E-state index in [1.165, 1.54) is 0 Å². The summed E-state index contributed by atoms with van der Waals surface area (Å²) in [5, 5.41) is 2.82. The lowest BCUT2D eigenvalue weighted by Gasteiger charge is -2.12. The van der Waals surface area contributed by atoms with E-state index in [1.807, 2.05) is 60.7 Å². The molecule has 110 valence electrons. The molecule has 2 rings (SSSR count). The third kappa shape index (κ3) is 4.93. The largest absolute Gasteiger partial charge is 0.494 e. The van der Waals surface area contributed by atoms with E-state index in [0.29, 0.717) is 13.2 Å². The molecule has 0 aliphatic carbocycles. The number of amides is 1. The van der Waals surface area contributed by atoms with Gasteiger partial charge in [-0.25, -0.2) is 0 Å². The molecule has 1 amide bonds. The van der Waals surface area contributed by atoms with Crippen molar-refractivity contribution in [2.75, 3.05) is 13.2 Å². The second-order valence-electron chi connectivity index (χ2n) is 4.69. The Balaban J connectivity index is 1.65. The molecule has 0 spiro atoms. The molecule has 0 aliphatic heterocycles. The van der Waals surface area contributed by atoms with E-state index >= 15 is 0 Å². The van der Waals surface area contributed by atoms with Gasteiger partial charge in [0.15, 0.2) is 0 Å². The number of rotatable bonds is 7. The first-order chi connectivity index (χ1) is 10.3. The van der Waals surface area contributed by atoms with Gasteiger partial charge in [0.25, 0.3) is 0 Å². The average molecular weight is 284 g/mol. The van der Waals surface area contributed by atoms with Crippen molar-refractivity contribution in [1.29, 1.82) is 0 Å². The summed E-state index contributed by atoms with van der Waals surface area (Å²) in [6.45, 7) is 1.11. The molecule has 0 radical (unpaired) electrons. The molecule has 0 fully saturated rings. The molecule has 21 heavy (non-hydrogen) atoms. The van der Waals surface area contributed by atoms with Gasteiger partial charge < -0.3 is 15.8 Å². The molecule has 4 nitrogen and oxygen atoms in total. The van der Waals surface area contributed by atoms with Gasteiger partial charge in [-0.2, -0.15) is 0 Å². The van der Waals surface area contributed by atoms with Crippen LogP contribution < -0.4 is 15.8 Å². The Morgan fingerprint density at radius 3 is 2.33 bits per heavy atom. The van der Waals surface area contributed by atoms with E-state index in [0.717, 1.165) is 17.7 Å². The van der Waals surface area contributed by atoms with Crippen LogP contribution in [-0.2, 0) is 4.79 Å². The van der Waals surface area contributed by atoms with Crippen molar-refractivity contribution in [3.05, 3.63) is 66.2 Å². The van der Waals surface area contributed by atoms with Gasteiger partial charge in [-0.05, 0) is 24.1 Å². The molecular formula is C17H20N2O2. The van der Waals surface area contributed by atoms with Crippen LogP contribution in [0.5, 0.6) is 5.75 Å². The van der Waals surface area contributed by atoms with E-state index in [-0.39, 0.29) is 5.91 Å². The second-order valence-corrected chi connectivity index (χ2v) is 4.69. The third-order valence-electron chi connectivity index (χ3n) is 3.07. The van der Waals surface area contributed by atoms with Gasteiger partial charge in [0.2, 0.25) is 5.91 Å². The first-order valence-electron chi connectivity index (χ1n) is 7.03. The minimum atomic E-state index is -0.624. The number of nitrogens with one attached hydrogen (secondary N) is 1. The van der Waals surface area contributed by atoms with Crippen molar-refractivity contribution in [3.8, 4) is 5.75 Å². The summed E-state index contributed by atoms with van der Waals surface area (Å²) in [5.74, 6) is 0.672. The van der Waals surface area contributed by atoms with E-state index < -0.39 is 6.04 Å². The lowest BCUT2D eigenvalue weighted by Crippen LogP contribution is -2.35. The molecule has 0 heterocycles. The van der Waals surface area contributed by atoms with Crippen molar-refractivity contribution >= 4 is 5.91 Å². The third-order valence-corrected chi connectivity index (χ3v) is 3.07. The van der Waals surface area contributed by atoms with Crippen LogP contribution in [0.2, 0.25) is 0 Å². The molecule has 3 N–H and O–H groups in total. The van der Waals surface area contributed by atoms with Gasteiger partial charge >= 0.3 is 0 Å². The fraction of sp³-hybridized carbons (Fsp3) is 0.235. The molecular weight excluding hydrogens is 264 g/mol. The minimum Gasteiger partial charge on any atom is -0.494 e. The number of ether oxygens (including phenoxy) is 1. The van der Waals surface area contributed by atoms with E-state index in [1.54, 1.807) is 0 Å². The van der Waals surface area contributed by atoms with Crippen molar-refractivity contribution < 1.29 is 9.53 Å². The SMILES string of the molecule is N[C@H](C(=O)NCCCOc1ccccc1)c1ccccc1. The van der Waals surface area contributed by atoms with Crippen LogP contribution in [-0.4, -0.2) is 19.1 Å². The maximum atomic E-state index is 11.9. The van der Waals surface area contributed by atoms with Gasteiger partial charge in [-0.3, -0.25) is 4.79 Å². The average Bonchev–Trinajstić information content (AvgIpc) is 2.55. The minimum absolute atomic E-state index is 0.166. The first kappa shape index (κ1) is 15.1. The summed E-state index contributed by atoms with van der Waals surface area (Å²) in [6, 6.07) is 18.3. The van der Waals surface area contributed by atoms with Crippen LogP contribution in [0.4, 0.5) is 0 Å². The second kappa shape index (κ2) is 8.07. The van der Waals surface area contributed by atoms with E-state index in [4.69, 9.17) is 10.5 Å². The Kier molecular flexibility index (Phi) is 5.79. The molecule has 0 saturated heterocycles. The lowest BCUT2D eigenvalue weighted by molar-refractivity contribution is -0.122. The maximum Gasteiger partial charge on any atom is 0.241 e. The molecule has 2 aromatic carbocycles. The van der Waals surface area contributed by atoms with Gasteiger partial charge in [-0.15, -0.1) is 0 Å². The number of hydrogen-bond acceptors (Lipinski definition) is 3. The van der Waals surface area contributed by atoms with Crippen molar-refractivity contribution in [2.24, 2.45) is 5.73 Å². The molecule has 2 aromatic rings. The highest BCUT2D eigenvalue weighted by Crippen LogP contribution is 2.10. The number of para-hydroxylation sites is 1. The normalized spacial score (nSPS) is 11.7. The highest BCUT2D eigenvalue weighted by Gasteiger charge is 2.14. The number of hydrogen-bond donors (Lipinski definition) is 2. The van der Waals surface area contributed by atoms with Crippen LogP contribution in [0.1, 0.15) is 18.0 Å². The first-order valence-corrected chi connectivity index (χ1v) is 7.03. The Morgan fingerprint density at radius 1 is 1.05 bits per heavy atom. The van der Waals surface area contributed by atoms with Gasteiger partial charge in [-0.1, -0.05) is 48.5 Å². The van der Waals surface area contributed by atoms with Crippen LogP contribution in [0.25, 0.3) is 0 Å². The Bertz CT molecular complexity index is 543. The zero-order valence-electron chi connectivity index (χ0n) is 11.9. The highest BCUT2D eigenvalue weighted by atomic mass is 16.5. The fourth-order valence-corrected chi connectivity index (χ4v) is 1.91. The molecule has 0 aromatic heterocycles. The highest BCUT2D eigenvalue weighted by molar-refractivity contribution is 5.82. The summed E-state index contributed by atoms with van der Waals surface area (Å²) in [6.07, 6.45) is 0.738. The Hall–Kier alpha value is -2.33. The maximum absolute atomic E-state index is 11.9. The monoisotopic (exact) mass is 284 g/mol. The number of carbonyl (C=O) groups is 1. The smallest absolute Gasteiger partial charge is 0.241 e. The zero-order valence-corrected chi connectivity index (χ0v) is 11.9. The predicted molar refractivity (Wildman–Crippen MR) is 82.9 cm³/mol. The quantitative estimate of drug-likeness (QED) is 0.767. The van der Waals surface area contributed by atoms with Gasteiger partial charge in [0.1, 0.15) is 11.8 Å². The van der Waals surface area contributed by atoms with Crippen molar-refractivity contribution in [1.82, 2.24) is 5.32 Å². The van der Waals surface area contributed by atoms with E-state index in [9.17, 15) is 4.79 Å². The fourth-order valence-electron chi connectivity index (χ4n) is 1.91. The summed E-state index contributed by atoms with van der Waals surface area (Å²) >= 11 is 0. The molecule has 1 atom stereocenters. The zero-order chi connectivity index (χ0) is 14.9. The summed E-state index contributed by atoms with van der Waals surface area (Å²) < 4.78 is 5.55. The molecule has 0 bridgehead atoms. The van der Waals surface area contributed by atoms with Gasteiger partial charge in [0, 0.05) is 6.54 Å². The van der Waals surface area contributed by atoms with Crippen molar-refractivity contribution in [2.45, 2.75) is 12.5 Å². The summed E-state index contributed by atoms with van der Waals surface area (Å²) in [4.78, 5) is 11.9. The Morgan fingerprint density at radius 2 is 1.67 bits per heavy atom. The topological polar surface area (TPSA) is 64.4 Å². The van der Waals surface area contributed by atoms with Crippen LogP contribution in [0.15, 0.2) is 60.7 Å². The Labute approximate surface area is 124 Å². The molecule has 0 unspecified atom stereocenters. The summed E-state index contributed by atoms with van der Waals surface area (Å²) in [5.41, 5.74) is 6.72. The number of benzene rings is 2. The van der Waals surface area contributed by atoms with E-state index in [2.05, 4.69) is 5.32 Å². The standard InChI is InChI=1S/C17H20N2O2/c18-16(14-8-3-1-4-9-14)17(20)19-12-7-13-21-15-10-5-2-6-11-15/h1-6,8-11,16H,7,12-13,18H2,(H,19,20)/t16-/m0/s1. The lowest BCUT2D eigenvalue weighted by atomic mass is 10.1. The molecule has 0 aliphatic rings. The molecule has 4 heteroatoms. The predicted octanol–water partition coefficient (Wildman–Crippen LogP) is 2.27.